The van der Waals surface area contributed by atoms with Crippen molar-refractivity contribution < 1.29 is 8.42 Å². The summed E-state index contributed by atoms with van der Waals surface area (Å²) in [6.45, 7) is 1.20. The monoisotopic (exact) mass is 335 g/mol. The lowest BCUT2D eigenvalue weighted by Gasteiger charge is -2.30. The molecule has 1 aliphatic heterocycles. The third-order valence-electron chi connectivity index (χ3n) is 4.25. The van der Waals surface area contributed by atoms with Crippen LogP contribution < -0.4 is 0 Å². The molecule has 2 aromatic rings. The Labute approximate surface area is 136 Å². The highest BCUT2D eigenvalue weighted by atomic mass is 32.2. The number of hydrogen-bond donors (Lipinski definition) is 0. The van der Waals surface area contributed by atoms with Gasteiger partial charge >= 0.3 is 0 Å². The minimum absolute atomic E-state index is 0.301. The molecular weight excluding hydrogens is 314 g/mol. The van der Waals surface area contributed by atoms with Gasteiger partial charge in [0.2, 0.25) is 10.0 Å². The Hall–Kier alpha value is -1.80. The summed E-state index contributed by atoms with van der Waals surface area (Å²) in [4.78, 5) is 4.08. The van der Waals surface area contributed by atoms with Gasteiger partial charge in [-0.05, 0) is 37.3 Å². The molecule has 0 N–H and O–H groups in total. The Morgan fingerprint density at radius 1 is 1.30 bits per heavy atom. The molecule has 0 amide bonds. The Balaban J connectivity index is 1.68. The highest BCUT2D eigenvalue weighted by molar-refractivity contribution is 7.88. The van der Waals surface area contributed by atoms with Crippen molar-refractivity contribution in [3.05, 3.63) is 30.4 Å². The molecular formula is C15H21N5O2S. The molecule has 0 aliphatic carbocycles. The molecule has 1 atom stereocenters. The zero-order valence-corrected chi connectivity index (χ0v) is 14.2. The molecule has 0 radical (unpaired) electrons. The van der Waals surface area contributed by atoms with Crippen LogP contribution in [0.1, 0.15) is 18.5 Å². The summed E-state index contributed by atoms with van der Waals surface area (Å²) in [5.41, 5.74) is 2.61. The summed E-state index contributed by atoms with van der Waals surface area (Å²) in [6.07, 6.45) is 7.44. The Morgan fingerprint density at radius 2 is 2.13 bits per heavy atom. The van der Waals surface area contributed by atoms with Crippen LogP contribution >= 0.6 is 0 Å². The van der Waals surface area contributed by atoms with Crippen LogP contribution in [0.5, 0.6) is 0 Å². The smallest absolute Gasteiger partial charge is 0.211 e. The van der Waals surface area contributed by atoms with E-state index < -0.39 is 10.0 Å². The lowest BCUT2D eigenvalue weighted by atomic mass is 9.94. The van der Waals surface area contributed by atoms with E-state index in [1.54, 1.807) is 16.8 Å². The van der Waals surface area contributed by atoms with Gasteiger partial charge in [0.05, 0.1) is 30.2 Å². The first kappa shape index (κ1) is 16.1. The predicted molar refractivity (Wildman–Crippen MR) is 87.1 cm³/mol. The summed E-state index contributed by atoms with van der Waals surface area (Å²) >= 11 is 0. The van der Waals surface area contributed by atoms with Crippen LogP contribution in [-0.4, -0.2) is 51.8 Å². The highest BCUT2D eigenvalue weighted by Crippen LogP contribution is 2.22. The standard InChI is InChI=1S/C15H21N5O2S/c1-19-11-16-9-15(19)14-6-5-13(17-18-14)8-12-4-3-7-20(10-12)23(2,21)22/h5-6,9,11-12H,3-4,7-8,10H2,1-2H3. The van der Waals surface area contributed by atoms with Crippen molar-refractivity contribution in [1.29, 1.82) is 0 Å². The SMILES string of the molecule is Cn1cncc1-c1ccc(CC2CCCN(S(C)(=O)=O)C2)nn1. The largest absolute Gasteiger partial charge is 0.332 e. The number of sulfonamides is 1. The molecule has 1 fully saturated rings. The topological polar surface area (TPSA) is 81.0 Å². The predicted octanol–water partition coefficient (Wildman–Crippen LogP) is 1.09. The molecule has 3 rings (SSSR count). The fourth-order valence-corrected chi connectivity index (χ4v) is 3.94. The molecule has 1 saturated heterocycles. The van der Waals surface area contributed by atoms with E-state index in [0.717, 1.165) is 36.3 Å². The van der Waals surface area contributed by atoms with E-state index >= 15 is 0 Å². The van der Waals surface area contributed by atoms with E-state index in [4.69, 9.17) is 0 Å². The quantitative estimate of drug-likeness (QED) is 0.835. The van der Waals surface area contributed by atoms with Crippen LogP contribution in [0.4, 0.5) is 0 Å². The number of rotatable bonds is 4. The first-order valence-electron chi connectivity index (χ1n) is 7.68. The summed E-state index contributed by atoms with van der Waals surface area (Å²) in [5, 5.41) is 8.57. The first-order valence-corrected chi connectivity index (χ1v) is 9.53. The molecule has 0 bridgehead atoms. The van der Waals surface area contributed by atoms with Crippen molar-refractivity contribution in [2.75, 3.05) is 19.3 Å². The number of imidazole rings is 1. The van der Waals surface area contributed by atoms with Gasteiger partial charge in [-0.1, -0.05) is 0 Å². The number of aryl methyl sites for hydroxylation is 1. The van der Waals surface area contributed by atoms with Crippen molar-refractivity contribution in [3.8, 4) is 11.4 Å². The van der Waals surface area contributed by atoms with Gasteiger partial charge in [-0.3, -0.25) is 0 Å². The van der Waals surface area contributed by atoms with Crippen LogP contribution in [0.2, 0.25) is 0 Å². The van der Waals surface area contributed by atoms with Crippen LogP contribution in [-0.2, 0) is 23.5 Å². The zero-order chi connectivity index (χ0) is 16.4. The Kier molecular flexibility index (Phi) is 4.45. The van der Waals surface area contributed by atoms with E-state index in [2.05, 4.69) is 15.2 Å². The van der Waals surface area contributed by atoms with Crippen LogP contribution in [0.15, 0.2) is 24.7 Å². The number of hydrogen-bond acceptors (Lipinski definition) is 5. The van der Waals surface area contributed by atoms with Gasteiger partial charge in [0.15, 0.2) is 0 Å². The minimum Gasteiger partial charge on any atom is -0.332 e. The van der Waals surface area contributed by atoms with E-state index in [-0.39, 0.29) is 0 Å². The molecule has 8 heteroatoms. The second-order valence-electron chi connectivity index (χ2n) is 6.13. The molecule has 3 heterocycles. The van der Waals surface area contributed by atoms with Crippen LogP contribution in [0, 0.1) is 5.92 Å². The summed E-state index contributed by atoms with van der Waals surface area (Å²) in [7, 11) is -1.19. The van der Waals surface area contributed by atoms with E-state index in [9.17, 15) is 8.42 Å². The molecule has 124 valence electrons. The molecule has 0 spiro atoms. The lowest BCUT2D eigenvalue weighted by Crippen LogP contribution is -2.39. The van der Waals surface area contributed by atoms with Gasteiger partial charge in [0.25, 0.3) is 0 Å². The van der Waals surface area contributed by atoms with E-state index in [1.165, 1.54) is 6.26 Å². The fourth-order valence-electron chi connectivity index (χ4n) is 3.00. The summed E-state index contributed by atoms with van der Waals surface area (Å²) in [5.74, 6) is 0.301. The minimum atomic E-state index is -3.10. The van der Waals surface area contributed by atoms with Crippen LogP contribution in [0.3, 0.4) is 0 Å². The molecule has 0 aromatic carbocycles. The van der Waals surface area contributed by atoms with E-state index in [1.807, 2.05) is 23.7 Å². The molecule has 7 nitrogen and oxygen atoms in total. The van der Waals surface area contributed by atoms with Crippen molar-refractivity contribution in [2.24, 2.45) is 13.0 Å². The molecule has 0 saturated carbocycles. The maximum atomic E-state index is 11.7. The Morgan fingerprint density at radius 3 is 2.74 bits per heavy atom. The van der Waals surface area contributed by atoms with Crippen molar-refractivity contribution >= 4 is 10.0 Å². The van der Waals surface area contributed by atoms with Crippen molar-refractivity contribution in [3.63, 3.8) is 0 Å². The summed E-state index contributed by atoms with van der Waals surface area (Å²) in [6, 6.07) is 3.91. The third-order valence-corrected chi connectivity index (χ3v) is 5.52. The van der Waals surface area contributed by atoms with Gasteiger partial charge in [0.1, 0.15) is 5.69 Å². The molecule has 2 aromatic heterocycles. The molecule has 23 heavy (non-hydrogen) atoms. The summed E-state index contributed by atoms with van der Waals surface area (Å²) < 4.78 is 26.8. The van der Waals surface area contributed by atoms with Crippen molar-refractivity contribution in [1.82, 2.24) is 24.1 Å². The average Bonchev–Trinajstić information content (AvgIpc) is 2.94. The lowest BCUT2D eigenvalue weighted by molar-refractivity contribution is 0.265. The second-order valence-corrected chi connectivity index (χ2v) is 8.12. The van der Waals surface area contributed by atoms with Gasteiger partial charge in [-0.25, -0.2) is 17.7 Å². The zero-order valence-electron chi connectivity index (χ0n) is 13.4. The van der Waals surface area contributed by atoms with Gasteiger partial charge in [0, 0.05) is 20.1 Å². The maximum Gasteiger partial charge on any atom is 0.211 e. The fraction of sp³-hybridized carbons (Fsp3) is 0.533. The van der Waals surface area contributed by atoms with Crippen molar-refractivity contribution in [2.45, 2.75) is 19.3 Å². The normalized spacial score (nSPS) is 19.8. The number of piperidine rings is 1. The number of nitrogens with zero attached hydrogens (tertiary/aromatic N) is 5. The molecule has 1 unspecified atom stereocenters. The van der Waals surface area contributed by atoms with Gasteiger partial charge in [-0.15, -0.1) is 5.10 Å². The van der Waals surface area contributed by atoms with Crippen LogP contribution in [0.25, 0.3) is 11.4 Å². The first-order chi connectivity index (χ1) is 10.9. The maximum absolute atomic E-state index is 11.7. The third kappa shape index (κ3) is 3.76. The molecule has 1 aliphatic rings. The van der Waals surface area contributed by atoms with Gasteiger partial charge in [-0.2, -0.15) is 5.10 Å². The number of aromatic nitrogens is 4. The second kappa shape index (κ2) is 6.37. The average molecular weight is 335 g/mol. The van der Waals surface area contributed by atoms with Gasteiger partial charge < -0.3 is 4.57 Å². The Bertz CT molecular complexity index is 769. The highest BCUT2D eigenvalue weighted by Gasteiger charge is 2.26. The van der Waals surface area contributed by atoms with E-state index in [0.29, 0.717) is 19.0 Å².